The standard InChI is InChI=1S/C23H40O3/c1-4-6-8-9-10-11-12-17-23(22(24)25)18-13-15-20(14-7-5-2)21(23)16-19-26-3/h13,15,18,21H,4-12,14,16-17,19H2,1-3H3,(H,24,25). The highest BCUT2D eigenvalue weighted by molar-refractivity contribution is 5.79. The predicted molar refractivity (Wildman–Crippen MR) is 109 cm³/mol. The fraction of sp³-hybridized carbons (Fsp3) is 0.783. The van der Waals surface area contributed by atoms with Crippen LogP contribution in [0.1, 0.15) is 90.9 Å². The van der Waals surface area contributed by atoms with Crippen LogP contribution in [0.3, 0.4) is 0 Å². The number of unbranched alkanes of at least 4 members (excludes halogenated alkanes) is 7. The summed E-state index contributed by atoms with van der Waals surface area (Å²) in [5.41, 5.74) is 0.552. The maximum absolute atomic E-state index is 12.4. The van der Waals surface area contributed by atoms with Gasteiger partial charge in [-0.25, -0.2) is 0 Å². The number of methoxy groups -OCH3 is 1. The SMILES string of the molecule is CCCCCCCCCC1(C(=O)O)C=CC=C(CCCC)C1CCOC. The first kappa shape index (κ1) is 23.0. The van der Waals surface area contributed by atoms with Gasteiger partial charge in [-0.3, -0.25) is 4.79 Å². The average Bonchev–Trinajstić information content (AvgIpc) is 2.64. The van der Waals surface area contributed by atoms with E-state index in [-0.39, 0.29) is 5.92 Å². The highest BCUT2D eigenvalue weighted by atomic mass is 16.5. The molecule has 0 saturated carbocycles. The molecular weight excluding hydrogens is 324 g/mol. The van der Waals surface area contributed by atoms with E-state index in [9.17, 15) is 9.90 Å². The Labute approximate surface area is 160 Å². The molecule has 1 aliphatic rings. The number of hydrogen-bond acceptors (Lipinski definition) is 2. The Morgan fingerprint density at radius 3 is 2.35 bits per heavy atom. The van der Waals surface area contributed by atoms with Crippen LogP contribution < -0.4 is 0 Å². The summed E-state index contributed by atoms with van der Waals surface area (Å²) in [6, 6.07) is 0. The molecule has 2 unspecified atom stereocenters. The fourth-order valence-corrected chi connectivity index (χ4v) is 4.18. The maximum atomic E-state index is 12.4. The molecule has 3 nitrogen and oxygen atoms in total. The molecule has 0 aromatic rings. The van der Waals surface area contributed by atoms with Gasteiger partial charge in [0.05, 0.1) is 5.41 Å². The summed E-state index contributed by atoms with van der Waals surface area (Å²) in [7, 11) is 1.70. The predicted octanol–water partition coefficient (Wildman–Crippen LogP) is 6.54. The first-order valence-electron chi connectivity index (χ1n) is 10.7. The lowest BCUT2D eigenvalue weighted by Crippen LogP contribution is -2.40. The number of hydrogen-bond donors (Lipinski definition) is 1. The zero-order valence-corrected chi connectivity index (χ0v) is 17.3. The number of aliphatic carboxylic acids is 1. The van der Waals surface area contributed by atoms with Gasteiger partial charge in [-0.2, -0.15) is 0 Å². The second-order valence-electron chi connectivity index (χ2n) is 7.76. The molecular formula is C23H40O3. The van der Waals surface area contributed by atoms with E-state index in [0.29, 0.717) is 6.61 Å². The summed E-state index contributed by atoms with van der Waals surface area (Å²) in [4.78, 5) is 12.4. The van der Waals surface area contributed by atoms with E-state index in [4.69, 9.17) is 4.74 Å². The Bertz CT molecular complexity index is 452. The molecule has 0 saturated heterocycles. The summed E-state index contributed by atoms with van der Waals surface area (Å²) < 4.78 is 5.31. The highest BCUT2D eigenvalue weighted by Gasteiger charge is 2.45. The van der Waals surface area contributed by atoms with Crippen molar-refractivity contribution >= 4 is 5.97 Å². The Kier molecular flexibility index (Phi) is 11.6. The van der Waals surface area contributed by atoms with E-state index in [0.717, 1.165) is 44.9 Å². The second-order valence-corrected chi connectivity index (χ2v) is 7.76. The van der Waals surface area contributed by atoms with E-state index in [1.54, 1.807) is 7.11 Å². The number of carboxylic acid groups (broad SMARTS) is 1. The molecule has 0 fully saturated rings. The van der Waals surface area contributed by atoms with Crippen molar-refractivity contribution in [3.05, 3.63) is 23.8 Å². The van der Waals surface area contributed by atoms with Crippen LogP contribution in [0.2, 0.25) is 0 Å². The molecule has 0 aromatic heterocycles. The fourth-order valence-electron chi connectivity index (χ4n) is 4.18. The molecule has 0 bridgehead atoms. The van der Waals surface area contributed by atoms with Crippen LogP contribution in [0.15, 0.2) is 23.8 Å². The maximum Gasteiger partial charge on any atom is 0.314 e. The second kappa shape index (κ2) is 13.1. The highest BCUT2D eigenvalue weighted by Crippen LogP contribution is 2.45. The molecule has 0 heterocycles. The number of carboxylic acids is 1. The van der Waals surface area contributed by atoms with Crippen LogP contribution in [0.4, 0.5) is 0 Å². The zero-order chi connectivity index (χ0) is 19.3. The van der Waals surface area contributed by atoms with Gasteiger partial charge in [0.15, 0.2) is 0 Å². The monoisotopic (exact) mass is 364 g/mol. The van der Waals surface area contributed by atoms with Gasteiger partial charge < -0.3 is 9.84 Å². The van der Waals surface area contributed by atoms with Crippen molar-refractivity contribution in [2.24, 2.45) is 11.3 Å². The van der Waals surface area contributed by atoms with E-state index in [2.05, 4.69) is 19.9 Å². The van der Waals surface area contributed by atoms with Gasteiger partial charge in [0.1, 0.15) is 0 Å². The van der Waals surface area contributed by atoms with Crippen molar-refractivity contribution < 1.29 is 14.6 Å². The third-order valence-corrected chi connectivity index (χ3v) is 5.80. The summed E-state index contributed by atoms with van der Waals surface area (Å²) in [6.07, 6.45) is 19.4. The van der Waals surface area contributed by atoms with Crippen LogP contribution in [-0.2, 0) is 9.53 Å². The molecule has 0 radical (unpaired) electrons. The van der Waals surface area contributed by atoms with Gasteiger partial charge in [-0.1, -0.05) is 89.0 Å². The number of allylic oxidation sites excluding steroid dienone is 3. The molecule has 3 heteroatoms. The van der Waals surface area contributed by atoms with Crippen molar-refractivity contribution in [1.29, 1.82) is 0 Å². The van der Waals surface area contributed by atoms with Crippen LogP contribution in [-0.4, -0.2) is 24.8 Å². The number of carbonyl (C=O) groups is 1. The summed E-state index contributed by atoms with van der Waals surface area (Å²) >= 11 is 0. The number of ether oxygens (including phenoxy) is 1. The molecule has 2 atom stereocenters. The van der Waals surface area contributed by atoms with Crippen molar-refractivity contribution in [2.75, 3.05) is 13.7 Å². The molecule has 0 aromatic carbocycles. The van der Waals surface area contributed by atoms with Gasteiger partial charge >= 0.3 is 5.97 Å². The van der Waals surface area contributed by atoms with Crippen molar-refractivity contribution in [1.82, 2.24) is 0 Å². The minimum absolute atomic E-state index is 0.0663. The molecule has 150 valence electrons. The lowest BCUT2D eigenvalue weighted by atomic mass is 9.64. The van der Waals surface area contributed by atoms with Crippen molar-refractivity contribution in [3.63, 3.8) is 0 Å². The minimum atomic E-state index is -0.750. The van der Waals surface area contributed by atoms with Crippen LogP contribution >= 0.6 is 0 Å². The van der Waals surface area contributed by atoms with Crippen molar-refractivity contribution in [3.8, 4) is 0 Å². The molecule has 1 rings (SSSR count). The third-order valence-electron chi connectivity index (χ3n) is 5.80. The van der Waals surface area contributed by atoms with Gasteiger partial charge in [-0.05, 0) is 25.7 Å². The lowest BCUT2D eigenvalue weighted by molar-refractivity contribution is -0.149. The quantitative estimate of drug-likeness (QED) is 0.336. The third kappa shape index (κ3) is 6.90. The van der Waals surface area contributed by atoms with Gasteiger partial charge in [0, 0.05) is 19.6 Å². The Morgan fingerprint density at radius 2 is 1.73 bits per heavy atom. The van der Waals surface area contributed by atoms with Gasteiger partial charge in [0.25, 0.3) is 0 Å². The molecule has 0 spiro atoms. The first-order chi connectivity index (χ1) is 12.6. The molecule has 26 heavy (non-hydrogen) atoms. The average molecular weight is 365 g/mol. The molecule has 0 aliphatic heterocycles. The summed E-state index contributed by atoms with van der Waals surface area (Å²) in [5.74, 6) is -0.598. The van der Waals surface area contributed by atoms with Crippen LogP contribution in [0, 0.1) is 11.3 Å². The molecule has 1 aliphatic carbocycles. The van der Waals surface area contributed by atoms with E-state index < -0.39 is 11.4 Å². The van der Waals surface area contributed by atoms with Gasteiger partial charge in [-0.15, -0.1) is 0 Å². The topological polar surface area (TPSA) is 46.5 Å². The number of rotatable bonds is 15. The van der Waals surface area contributed by atoms with Crippen LogP contribution in [0.25, 0.3) is 0 Å². The molecule has 1 N–H and O–H groups in total. The normalized spacial score (nSPS) is 22.4. The van der Waals surface area contributed by atoms with E-state index in [1.165, 1.54) is 37.7 Å². The van der Waals surface area contributed by atoms with Gasteiger partial charge in [0.2, 0.25) is 0 Å². The lowest BCUT2D eigenvalue weighted by Gasteiger charge is -2.39. The summed E-state index contributed by atoms with van der Waals surface area (Å²) in [6.45, 7) is 5.04. The van der Waals surface area contributed by atoms with E-state index in [1.807, 2.05) is 12.2 Å². The first-order valence-corrected chi connectivity index (χ1v) is 10.7. The largest absolute Gasteiger partial charge is 0.481 e. The Balaban J connectivity index is 2.75. The van der Waals surface area contributed by atoms with Crippen LogP contribution in [0.5, 0.6) is 0 Å². The smallest absolute Gasteiger partial charge is 0.314 e. The Hall–Kier alpha value is -1.09. The summed E-state index contributed by atoms with van der Waals surface area (Å²) in [5, 5.41) is 10.2. The van der Waals surface area contributed by atoms with E-state index >= 15 is 0 Å². The zero-order valence-electron chi connectivity index (χ0n) is 17.3. The Morgan fingerprint density at radius 1 is 1.08 bits per heavy atom. The molecule has 0 amide bonds. The minimum Gasteiger partial charge on any atom is -0.481 e. The van der Waals surface area contributed by atoms with Crippen molar-refractivity contribution in [2.45, 2.75) is 90.9 Å².